The molecule has 0 aliphatic rings. The van der Waals surface area contributed by atoms with Gasteiger partial charge < -0.3 is 0 Å². The van der Waals surface area contributed by atoms with Crippen molar-refractivity contribution in [3.8, 4) is 0 Å². The highest BCUT2D eigenvalue weighted by Crippen LogP contribution is 2.39. The molecule has 1 atom stereocenters. The van der Waals surface area contributed by atoms with Crippen LogP contribution in [-0.2, 0) is 0 Å². The van der Waals surface area contributed by atoms with Crippen molar-refractivity contribution in [1.82, 2.24) is 0 Å². The predicted molar refractivity (Wildman–Crippen MR) is 91.3 cm³/mol. The van der Waals surface area contributed by atoms with E-state index < -0.39 is 0 Å². The molecule has 5 heteroatoms. The van der Waals surface area contributed by atoms with Crippen LogP contribution in [0.3, 0.4) is 0 Å². The van der Waals surface area contributed by atoms with Crippen molar-refractivity contribution in [2.45, 2.75) is 12.3 Å². The van der Waals surface area contributed by atoms with Crippen molar-refractivity contribution in [1.29, 1.82) is 0 Å². The standard InChI is InChI=1S/C12H8Br2ClIS/c1-6-8(5-11(14)17-6)12(15)9-4-7(13)2-3-10(9)16/h2-5,12H,1H3. The number of thiophene rings is 1. The van der Waals surface area contributed by atoms with Gasteiger partial charge in [-0.3, -0.25) is 0 Å². The fourth-order valence-electron chi connectivity index (χ4n) is 1.59. The van der Waals surface area contributed by atoms with Crippen LogP contribution >= 0.6 is 77.4 Å². The summed E-state index contributed by atoms with van der Waals surface area (Å²) in [6, 6.07) is 8.30. The maximum atomic E-state index is 6.59. The molecule has 0 radical (unpaired) electrons. The van der Waals surface area contributed by atoms with Gasteiger partial charge >= 0.3 is 0 Å². The fraction of sp³-hybridized carbons (Fsp3) is 0.167. The van der Waals surface area contributed by atoms with E-state index in [1.54, 1.807) is 11.3 Å². The third kappa shape index (κ3) is 3.26. The molecule has 0 aliphatic heterocycles. The number of alkyl halides is 1. The van der Waals surface area contributed by atoms with E-state index in [0.717, 1.165) is 13.8 Å². The lowest BCUT2D eigenvalue weighted by atomic mass is 10.1. The quantitative estimate of drug-likeness (QED) is 0.322. The summed E-state index contributed by atoms with van der Waals surface area (Å²) in [5.41, 5.74) is 2.33. The van der Waals surface area contributed by atoms with Crippen molar-refractivity contribution < 1.29 is 0 Å². The van der Waals surface area contributed by atoms with Gasteiger partial charge in [0, 0.05) is 12.9 Å². The Morgan fingerprint density at radius 3 is 2.53 bits per heavy atom. The third-order valence-electron chi connectivity index (χ3n) is 2.43. The van der Waals surface area contributed by atoms with Crippen molar-refractivity contribution in [3.63, 3.8) is 0 Å². The first-order valence-corrected chi connectivity index (χ1v) is 8.75. The first-order chi connectivity index (χ1) is 7.99. The molecule has 1 unspecified atom stereocenters. The Bertz CT molecular complexity index is 553. The Labute approximate surface area is 140 Å². The Morgan fingerprint density at radius 1 is 1.24 bits per heavy atom. The van der Waals surface area contributed by atoms with Crippen molar-refractivity contribution >= 4 is 77.4 Å². The summed E-state index contributed by atoms with van der Waals surface area (Å²) in [6.45, 7) is 2.10. The lowest BCUT2D eigenvalue weighted by Crippen LogP contribution is -1.96. The number of halogens is 4. The van der Waals surface area contributed by atoms with Crippen molar-refractivity contribution in [2.75, 3.05) is 0 Å². The second-order valence-electron chi connectivity index (χ2n) is 3.59. The average molecular weight is 506 g/mol. The lowest BCUT2D eigenvalue weighted by molar-refractivity contribution is 1.12. The normalized spacial score (nSPS) is 12.8. The van der Waals surface area contributed by atoms with Gasteiger partial charge in [-0.05, 0) is 80.8 Å². The average Bonchev–Trinajstić information content (AvgIpc) is 2.60. The highest BCUT2D eigenvalue weighted by atomic mass is 127. The van der Waals surface area contributed by atoms with Gasteiger partial charge in [-0.15, -0.1) is 22.9 Å². The van der Waals surface area contributed by atoms with Crippen molar-refractivity contribution in [2.24, 2.45) is 0 Å². The van der Waals surface area contributed by atoms with Crippen LogP contribution in [0.25, 0.3) is 0 Å². The maximum Gasteiger partial charge on any atom is 0.0857 e. The monoisotopic (exact) mass is 504 g/mol. The minimum atomic E-state index is -0.0954. The Morgan fingerprint density at radius 2 is 1.94 bits per heavy atom. The van der Waals surface area contributed by atoms with E-state index in [2.05, 4.69) is 79.6 Å². The molecule has 1 aromatic carbocycles. The molecule has 0 saturated carbocycles. The van der Waals surface area contributed by atoms with Gasteiger partial charge in [0.2, 0.25) is 0 Å². The van der Waals surface area contributed by atoms with Gasteiger partial charge in [-0.1, -0.05) is 15.9 Å². The largest absolute Gasteiger partial charge is 0.133 e. The molecule has 0 nitrogen and oxygen atoms in total. The van der Waals surface area contributed by atoms with E-state index >= 15 is 0 Å². The van der Waals surface area contributed by atoms with E-state index in [1.807, 2.05) is 6.07 Å². The van der Waals surface area contributed by atoms with Crippen molar-refractivity contribution in [3.05, 3.63) is 52.1 Å². The second kappa shape index (κ2) is 5.90. The zero-order valence-corrected chi connectivity index (χ0v) is 15.7. The zero-order chi connectivity index (χ0) is 12.6. The van der Waals surface area contributed by atoms with Gasteiger partial charge in [0.15, 0.2) is 0 Å². The third-order valence-corrected chi connectivity index (χ3v) is 5.95. The lowest BCUT2D eigenvalue weighted by Gasteiger charge is -2.12. The van der Waals surface area contributed by atoms with E-state index in [-0.39, 0.29) is 5.38 Å². The molecule has 2 rings (SSSR count). The first-order valence-electron chi connectivity index (χ1n) is 4.84. The van der Waals surface area contributed by atoms with Crippen LogP contribution in [0.5, 0.6) is 0 Å². The smallest absolute Gasteiger partial charge is 0.0857 e. The van der Waals surface area contributed by atoms with Gasteiger partial charge in [0.05, 0.1) is 9.16 Å². The van der Waals surface area contributed by atoms with Crippen LogP contribution in [0.15, 0.2) is 32.5 Å². The van der Waals surface area contributed by atoms with Crippen LogP contribution in [0.1, 0.15) is 21.4 Å². The SMILES string of the molecule is Cc1sc(Br)cc1C(Cl)c1cc(Br)ccc1I. The molecule has 0 saturated heterocycles. The molecule has 2 aromatic rings. The van der Waals surface area contributed by atoms with Crippen LogP contribution < -0.4 is 0 Å². The van der Waals surface area contributed by atoms with Crippen LogP contribution in [0, 0.1) is 10.5 Å². The zero-order valence-electron chi connectivity index (χ0n) is 8.81. The summed E-state index contributed by atoms with van der Waals surface area (Å²) in [5, 5.41) is -0.0954. The van der Waals surface area contributed by atoms with E-state index in [1.165, 1.54) is 14.0 Å². The first kappa shape index (κ1) is 14.3. The Kier molecular flexibility index (Phi) is 4.97. The summed E-state index contributed by atoms with van der Waals surface area (Å²) in [4.78, 5) is 1.26. The number of benzene rings is 1. The minimum Gasteiger partial charge on any atom is -0.133 e. The number of rotatable bonds is 2. The molecule has 0 aliphatic carbocycles. The molecule has 17 heavy (non-hydrogen) atoms. The van der Waals surface area contributed by atoms with Crippen LogP contribution in [0.4, 0.5) is 0 Å². The summed E-state index contributed by atoms with van der Waals surface area (Å²) >= 11 is 17.6. The summed E-state index contributed by atoms with van der Waals surface area (Å²) in [5.74, 6) is 0. The summed E-state index contributed by atoms with van der Waals surface area (Å²) < 4.78 is 3.37. The molecule has 0 bridgehead atoms. The topological polar surface area (TPSA) is 0 Å². The minimum absolute atomic E-state index is 0.0954. The molecular formula is C12H8Br2ClIS. The highest BCUT2D eigenvalue weighted by molar-refractivity contribution is 14.1. The van der Waals surface area contributed by atoms with Crippen LogP contribution in [0.2, 0.25) is 0 Å². The van der Waals surface area contributed by atoms with Gasteiger partial charge in [0.1, 0.15) is 0 Å². The van der Waals surface area contributed by atoms with Crippen LogP contribution in [-0.4, -0.2) is 0 Å². The maximum absolute atomic E-state index is 6.59. The number of aryl methyl sites for hydroxylation is 1. The van der Waals surface area contributed by atoms with E-state index in [0.29, 0.717) is 0 Å². The number of hydrogen-bond donors (Lipinski definition) is 0. The molecule has 0 fully saturated rings. The van der Waals surface area contributed by atoms with Gasteiger partial charge in [-0.25, -0.2) is 0 Å². The predicted octanol–water partition coefficient (Wildman–Crippen LogP) is 6.51. The van der Waals surface area contributed by atoms with E-state index in [4.69, 9.17) is 11.6 Å². The molecule has 0 spiro atoms. The molecule has 0 amide bonds. The Balaban J connectivity index is 2.46. The second-order valence-corrected chi connectivity index (χ2v) is 8.74. The molecule has 1 heterocycles. The Hall–Kier alpha value is 0.900. The molecule has 90 valence electrons. The molecular weight excluding hydrogens is 498 g/mol. The van der Waals surface area contributed by atoms with Gasteiger partial charge in [-0.2, -0.15) is 0 Å². The fourth-order valence-corrected chi connectivity index (χ4v) is 5.02. The van der Waals surface area contributed by atoms with E-state index in [9.17, 15) is 0 Å². The molecule has 0 N–H and O–H groups in total. The summed E-state index contributed by atoms with van der Waals surface area (Å²) in [7, 11) is 0. The highest BCUT2D eigenvalue weighted by Gasteiger charge is 2.18. The molecule has 1 aromatic heterocycles. The number of hydrogen-bond acceptors (Lipinski definition) is 1. The van der Waals surface area contributed by atoms with Gasteiger partial charge in [0.25, 0.3) is 0 Å². The summed E-state index contributed by atoms with van der Waals surface area (Å²) in [6.07, 6.45) is 0.